The van der Waals surface area contributed by atoms with Crippen molar-refractivity contribution in [3.05, 3.63) is 5.89 Å². The van der Waals surface area contributed by atoms with Crippen LogP contribution in [0.1, 0.15) is 32.1 Å². The molecular weight excluding hydrogens is 206 g/mol. The first kappa shape index (κ1) is 11.4. The van der Waals surface area contributed by atoms with Crippen LogP contribution in [0.2, 0.25) is 0 Å². The maximum Gasteiger partial charge on any atom is 0.265 e. The van der Waals surface area contributed by atoms with Crippen LogP contribution in [0.4, 0.5) is 5.95 Å². The van der Waals surface area contributed by atoms with Gasteiger partial charge in [-0.1, -0.05) is 6.92 Å². The molecule has 0 N–H and O–H groups in total. The Morgan fingerprint density at radius 2 is 2.38 bits per heavy atom. The lowest BCUT2D eigenvalue weighted by atomic mass is 10.2. The van der Waals surface area contributed by atoms with Crippen molar-refractivity contribution < 1.29 is 9.26 Å². The summed E-state index contributed by atoms with van der Waals surface area (Å²) in [6.07, 6.45) is 4.48. The van der Waals surface area contributed by atoms with E-state index in [9.17, 15) is 0 Å². The smallest absolute Gasteiger partial charge is 0.265 e. The van der Waals surface area contributed by atoms with E-state index in [2.05, 4.69) is 17.1 Å². The molecule has 1 atom stereocenters. The van der Waals surface area contributed by atoms with Gasteiger partial charge < -0.3 is 14.2 Å². The van der Waals surface area contributed by atoms with E-state index in [1.165, 1.54) is 0 Å². The van der Waals surface area contributed by atoms with Gasteiger partial charge in [-0.25, -0.2) is 0 Å². The number of aryl methyl sites for hydroxylation is 1. The van der Waals surface area contributed by atoms with Gasteiger partial charge in [0.05, 0.1) is 6.10 Å². The van der Waals surface area contributed by atoms with E-state index in [1.807, 2.05) is 11.9 Å². The van der Waals surface area contributed by atoms with E-state index in [4.69, 9.17) is 9.26 Å². The monoisotopic (exact) mass is 225 g/mol. The summed E-state index contributed by atoms with van der Waals surface area (Å²) in [6.45, 7) is 3.82. The Balaban J connectivity index is 1.89. The van der Waals surface area contributed by atoms with Gasteiger partial charge in [-0.2, -0.15) is 4.98 Å². The summed E-state index contributed by atoms with van der Waals surface area (Å²) in [6, 6.07) is 0. The Hall–Kier alpha value is -1.10. The predicted molar refractivity (Wildman–Crippen MR) is 60.5 cm³/mol. The van der Waals surface area contributed by atoms with Crippen molar-refractivity contribution in [1.29, 1.82) is 0 Å². The van der Waals surface area contributed by atoms with Crippen molar-refractivity contribution in [2.45, 2.75) is 38.7 Å². The molecule has 0 bridgehead atoms. The largest absolute Gasteiger partial charge is 0.376 e. The third-order valence-electron chi connectivity index (χ3n) is 2.76. The Morgan fingerprint density at radius 1 is 1.50 bits per heavy atom. The minimum atomic E-state index is 0.318. The van der Waals surface area contributed by atoms with Gasteiger partial charge in [0, 0.05) is 26.6 Å². The lowest BCUT2D eigenvalue weighted by molar-refractivity contribution is 0.116. The van der Waals surface area contributed by atoms with Crippen LogP contribution in [0.25, 0.3) is 0 Å². The molecule has 0 amide bonds. The zero-order valence-corrected chi connectivity index (χ0v) is 9.98. The van der Waals surface area contributed by atoms with Crippen molar-refractivity contribution in [2.24, 2.45) is 0 Å². The molecule has 1 aliphatic rings. The van der Waals surface area contributed by atoms with Crippen LogP contribution in [0.15, 0.2) is 4.52 Å². The number of anilines is 1. The highest BCUT2D eigenvalue weighted by molar-refractivity contribution is 5.26. The molecular formula is C11H19N3O2. The van der Waals surface area contributed by atoms with Crippen LogP contribution in [0.3, 0.4) is 0 Å². The maximum absolute atomic E-state index is 5.57. The van der Waals surface area contributed by atoms with E-state index in [1.54, 1.807) is 0 Å². The fourth-order valence-corrected chi connectivity index (χ4v) is 1.89. The molecule has 0 radical (unpaired) electrons. The highest BCUT2D eigenvalue weighted by Crippen LogP contribution is 2.15. The fourth-order valence-electron chi connectivity index (χ4n) is 1.89. The minimum absolute atomic E-state index is 0.318. The van der Waals surface area contributed by atoms with Crippen LogP contribution in [0, 0.1) is 0 Å². The summed E-state index contributed by atoms with van der Waals surface area (Å²) in [5.41, 5.74) is 0. The van der Waals surface area contributed by atoms with Crippen molar-refractivity contribution in [3.8, 4) is 0 Å². The molecule has 0 saturated carbocycles. The van der Waals surface area contributed by atoms with Crippen LogP contribution in [-0.2, 0) is 11.2 Å². The SMILES string of the molecule is CCCc1nc(N(C)CC2CCCO2)no1. The summed E-state index contributed by atoms with van der Waals surface area (Å²) < 4.78 is 10.7. The summed E-state index contributed by atoms with van der Waals surface area (Å²) in [5, 5.41) is 3.96. The van der Waals surface area contributed by atoms with E-state index in [-0.39, 0.29) is 0 Å². The minimum Gasteiger partial charge on any atom is -0.376 e. The van der Waals surface area contributed by atoms with Crippen LogP contribution in [-0.4, -0.2) is 36.4 Å². The molecule has 0 spiro atoms. The van der Waals surface area contributed by atoms with Gasteiger partial charge in [-0.05, 0) is 24.4 Å². The average Bonchev–Trinajstić information content (AvgIpc) is 2.89. The number of likely N-dealkylation sites (N-methyl/N-ethyl adjacent to an activating group) is 1. The second-order valence-electron chi connectivity index (χ2n) is 4.25. The molecule has 5 nitrogen and oxygen atoms in total. The second-order valence-corrected chi connectivity index (χ2v) is 4.25. The Morgan fingerprint density at radius 3 is 3.06 bits per heavy atom. The zero-order chi connectivity index (χ0) is 11.4. The Kier molecular flexibility index (Phi) is 3.77. The molecule has 5 heteroatoms. The summed E-state index contributed by atoms with van der Waals surface area (Å²) in [7, 11) is 1.97. The van der Waals surface area contributed by atoms with Gasteiger partial charge in [0.1, 0.15) is 0 Å². The summed E-state index contributed by atoms with van der Waals surface area (Å²) in [5.74, 6) is 1.38. The van der Waals surface area contributed by atoms with E-state index < -0.39 is 0 Å². The highest BCUT2D eigenvalue weighted by Gasteiger charge is 2.19. The molecule has 1 aromatic heterocycles. The lowest BCUT2D eigenvalue weighted by Gasteiger charge is -2.18. The second kappa shape index (κ2) is 5.30. The number of aromatic nitrogens is 2. The Labute approximate surface area is 95.8 Å². The van der Waals surface area contributed by atoms with Crippen LogP contribution in [0.5, 0.6) is 0 Å². The van der Waals surface area contributed by atoms with Gasteiger partial charge >= 0.3 is 0 Å². The molecule has 0 aromatic carbocycles. The van der Waals surface area contributed by atoms with Crippen molar-refractivity contribution in [2.75, 3.05) is 25.1 Å². The first-order valence-electron chi connectivity index (χ1n) is 5.95. The van der Waals surface area contributed by atoms with Crippen molar-refractivity contribution >= 4 is 5.95 Å². The maximum atomic E-state index is 5.57. The van der Waals surface area contributed by atoms with Crippen molar-refractivity contribution in [3.63, 3.8) is 0 Å². The third kappa shape index (κ3) is 2.72. The third-order valence-corrected chi connectivity index (χ3v) is 2.76. The highest BCUT2D eigenvalue weighted by atomic mass is 16.5. The summed E-state index contributed by atoms with van der Waals surface area (Å²) in [4.78, 5) is 6.33. The first-order valence-corrected chi connectivity index (χ1v) is 5.95. The number of nitrogens with zero attached hydrogens (tertiary/aromatic N) is 3. The molecule has 1 saturated heterocycles. The van der Waals surface area contributed by atoms with E-state index in [0.717, 1.165) is 44.7 Å². The standard InChI is InChI=1S/C11H19N3O2/c1-3-5-10-12-11(13-16-10)14(2)8-9-6-4-7-15-9/h9H,3-8H2,1-2H3. The number of hydrogen-bond donors (Lipinski definition) is 0. The molecule has 2 heterocycles. The van der Waals surface area contributed by atoms with Gasteiger partial charge in [-0.3, -0.25) is 0 Å². The average molecular weight is 225 g/mol. The molecule has 90 valence electrons. The number of hydrogen-bond acceptors (Lipinski definition) is 5. The van der Waals surface area contributed by atoms with Gasteiger partial charge in [0.25, 0.3) is 5.95 Å². The molecule has 1 unspecified atom stereocenters. The van der Waals surface area contributed by atoms with Crippen molar-refractivity contribution in [1.82, 2.24) is 10.1 Å². The molecule has 16 heavy (non-hydrogen) atoms. The fraction of sp³-hybridized carbons (Fsp3) is 0.818. The van der Waals surface area contributed by atoms with Crippen LogP contribution >= 0.6 is 0 Å². The van der Waals surface area contributed by atoms with E-state index >= 15 is 0 Å². The topological polar surface area (TPSA) is 51.4 Å². The molecule has 0 aliphatic carbocycles. The number of ether oxygens (including phenoxy) is 1. The normalized spacial score (nSPS) is 20.2. The first-order chi connectivity index (χ1) is 7.79. The van der Waals surface area contributed by atoms with Crippen LogP contribution < -0.4 is 4.90 Å². The van der Waals surface area contributed by atoms with Gasteiger partial charge in [0.2, 0.25) is 5.89 Å². The molecule has 2 rings (SSSR count). The molecule has 1 aliphatic heterocycles. The number of rotatable bonds is 5. The zero-order valence-electron chi connectivity index (χ0n) is 9.98. The van der Waals surface area contributed by atoms with Gasteiger partial charge in [-0.15, -0.1) is 0 Å². The lowest BCUT2D eigenvalue weighted by Crippen LogP contribution is -2.29. The quantitative estimate of drug-likeness (QED) is 0.762. The predicted octanol–water partition coefficient (Wildman–Crippen LogP) is 1.64. The van der Waals surface area contributed by atoms with Gasteiger partial charge in [0.15, 0.2) is 0 Å². The molecule has 1 fully saturated rings. The van der Waals surface area contributed by atoms with E-state index in [0.29, 0.717) is 12.1 Å². The molecule has 1 aromatic rings. The summed E-state index contributed by atoms with van der Waals surface area (Å²) >= 11 is 0. The Bertz CT molecular complexity index is 321.